The van der Waals surface area contributed by atoms with Gasteiger partial charge in [0.2, 0.25) is 0 Å². The zero-order valence-corrected chi connectivity index (χ0v) is 19.2. The van der Waals surface area contributed by atoms with Crippen molar-refractivity contribution in [2.24, 2.45) is 0 Å². The van der Waals surface area contributed by atoms with Crippen molar-refractivity contribution in [3.05, 3.63) is 0 Å². The Labute approximate surface area is 147 Å². The van der Waals surface area contributed by atoms with E-state index >= 15 is 0 Å². The van der Waals surface area contributed by atoms with Crippen molar-refractivity contribution in [3.8, 4) is 0 Å². The first kappa shape index (κ1) is 30.9. The molecule has 132 valence electrons. The minimum atomic E-state index is -2.55. The summed E-state index contributed by atoms with van der Waals surface area (Å²) in [5, 5.41) is -1.53. The van der Waals surface area contributed by atoms with Crippen LogP contribution in [0.1, 0.15) is 62.3 Å². The Morgan fingerprint density at radius 1 is 0.500 bits per heavy atom. The molecule has 0 radical (unpaired) electrons. The Morgan fingerprint density at radius 2 is 0.545 bits per heavy atom. The molecule has 6 nitrogen and oxygen atoms in total. The zero-order valence-electron chi connectivity index (χ0n) is 15.0. The van der Waals surface area contributed by atoms with E-state index in [1.54, 1.807) is 62.3 Å². The van der Waals surface area contributed by atoms with Crippen molar-refractivity contribution in [2.75, 3.05) is 0 Å². The van der Waals surface area contributed by atoms with Crippen LogP contribution in [0, 0.1) is 0 Å². The first-order valence-electron chi connectivity index (χ1n) is 6.47. The summed E-state index contributed by atoms with van der Waals surface area (Å²) in [7, 11) is -7.65. The predicted octanol–water partition coefficient (Wildman–Crippen LogP) is 1.48. The van der Waals surface area contributed by atoms with Gasteiger partial charge < -0.3 is 28.4 Å². The van der Waals surface area contributed by atoms with E-state index in [-0.39, 0.29) is 17.4 Å². The van der Waals surface area contributed by atoms with Crippen LogP contribution >= 0.6 is 24.1 Å². The zero-order chi connectivity index (χ0) is 18.2. The number of rotatable bonds is 0. The fourth-order valence-corrected chi connectivity index (χ4v) is 0. The molecule has 0 saturated heterocycles. The van der Waals surface area contributed by atoms with Gasteiger partial charge in [-0.2, -0.15) is 0 Å². The van der Waals surface area contributed by atoms with Crippen molar-refractivity contribution in [1.29, 1.82) is 0 Å². The smallest absolute Gasteiger partial charge is 0.801 e. The molecule has 0 aromatic carbocycles. The van der Waals surface area contributed by atoms with Crippen LogP contribution in [0.4, 0.5) is 0 Å². The maximum Gasteiger partial charge on any atom is 3.00 e. The summed E-state index contributed by atoms with van der Waals surface area (Å²) < 4.78 is 30.3. The van der Waals surface area contributed by atoms with Crippen molar-refractivity contribution < 1.29 is 28.4 Å². The Morgan fingerprint density at radius 3 is 0.545 bits per heavy atom. The van der Waals surface area contributed by atoms with Gasteiger partial charge in [-0.05, 0) is 0 Å². The Bertz CT molecular complexity index is 309. The summed E-state index contributed by atoms with van der Waals surface area (Å²) in [6.07, 6.45) is 0. The molecule has 0 aliphatic rings. The minimum Gasteiger partial charge on any atom is -0.801 e. The van der Waals surface area contributed by atoms with Gasteiger partial charge in [0.05, 0.1) is 0 Å². The molecule has 0 N–H and O–H groups in total. The normalized spacial score (nSPS) is 15.8. The second kappa shape index (κ2) is 12.5. The summed E-state index contributed by atoms with van der Waals surface area (Å²) in [5.74, 6) is 0. The van der Waals surface area contributed by atoms with E-state index in [1.807, 2.05) is 0 Å². The van der Waals surface area contributed by atoms with E-state index in [0.717, 1.165) is 0 Å². The van der Waals surface area contributed by atoms with Gasteiger partial charge in [0.15, 0.2) is 0 Å². The van der Waals surface area contributed by atoms with E-state index < -0.39 is 39.6 Å². The number of hydrogen-bond acceptors (Lipinski definition) is 6. The molecule has 0 saturated carbocycles. The molecule has 0 rings (SSSR count). The maximum absolute atomic E-state index is 10.1. The van der Waals surface area contributed by atoms with E-state index in [2.05, 4.69) is 0 Å². The standard InChI is InChI=1S/3C4H11O2P.Al/c3*1-4(2,3)7(5)6;/h3*7H,1-3H3,(H,5,6);/q;;;+3/p-3. The van der Waals surface area contributed by atoms with Crippen LogP contribution in [0.2, 0.25) is 0 Å². The van der Waals surface area contributed by atoms with Crippen LogP contribution in [-0.4, -0.2) is 32.8 Å². The van der Waals surface area contributed by atoms with Gasteiger partial charge in [0.1, 0.15) is 0 Å². The summed E-state index contributed by atoms with van der Waals surface area (Å²) in [4.78, 5) is 30.3. The Balaban J connectivity index is -0.000000108. The topological polar surface area (TPSA) is 120 Å². The van der Waals surface area contributed by atoms with Gasteiger partial charge in [0.25, 0.3) is 0 Å². The van der Waals surface area contributed by atoms with Crippen LogP contribution in [-0.2, 0) is 13.7 Å². The SMILES string of the molecule is CC(C)(C)[PH](=O)[O-].CC(C)(C)[PH](=O)[O-].CC(C)(C)[PH](=O)[O-].[Al+3]. The van der Waals surface area contributed by atoms with Crippen LogP contribution < -0.4 is 14.7 Å². The molecule has 0 spiro atoms. The van der Waals surface area contributed by atoms with Crippen molar-refractivity contribution in [1.82, 2.24) is 0 Å². The molecule has 0 amide bonds. The third-order valence-electron chi connectivity index (χ3n) is 1.84. The van der Waals surface area contributed by atoms with E-state index in [4.69, 9.17) is 0 Å². The summed E-state index contributed by atoms with van der Waals surface area (Å²) >= 11 is 0. The molecule has 0 fully saturated rings. The summed E-state index contributed by atoms with van der Waals surface area (Å²) in [6.45, 7) is 15.1. The Hall–Kier alpha value is 1.10. The van der Waals surface area contributed by atoms with Gasteiger partial charge in [-0.1, -0.05) is 62.3 Å². The van der Waals surface area contributed by atoms with Gasteiger partial charge in [-0.3, -0.25) is 0 Å². The van der Waals surface area contributed by atoms with Crippen LogP contribution in [0.5, 0.6) is 0 Å². The van der Waals surface area contributed by atoms with Crippen molar-refractivity contribution in [3.63, 3.8) is 0 Å². The molecule has 0 aromatic rings. The van der Waals surface area contributed by atoms with Gasteiger partial charge in [0, 0.05) is 39.6 Å². The molecule has 3 unspecified atom stereocenters. The van der Waals surface area contributed by atoms with Crippen LogP contribution in [0.15, 0.2) is 0 Å². The second-order valence-corrected chi connectivity index (χ2v) is 13.8. The fourth-order valence-electron chi connectivity index (χ4n) is 0. The molecule has 0 aliphatic carbocycles. The first-order chi connectivity index (χ1) is 8.83. The summed E-state index contributed by atoms with van der Waals surface area (Å²) in [6, 6.07) is 0. The quantitative estimate of drug-likeness (QED) is 0.456. The molecule has 22 heavy (non-hydrogen) atoms. The summed E-state index contributed by atoms with van der Waals surface area (Å²) in [5.41, 5.74) is 0. The second-order valence-electron chi connectivity index (χ2n) is 7.61. The first-order valence-corrected chi connectivity index (χ1v) is 10.4. The van der Waals surface area contributed by atoms with Gasteiger partial charge >= 0.3 is 17.4 Å². The molecule has 3 atom stereocenters. The largest absolute Gasteiger partial charge is 3.00 e. The van der Waals surface area contributed by atoms with Crippen molar-refractivity contribution >= 4 is 41.4 Å². The molecule has 0 aromatic heterocycles. The molecule has 0 bridgehead atoms. The Kier molecular flexibility index (Phi) is 17.5. The molecule has 10 heteroatoms. The van der Waals surface area contributed by atoms with Crippen LogP contribution in [0.3, 0.4) is 0 Å². The predicted molar refractivity (Wildman–Crippen MR) is 92.0 cm³/mol. The fraction of sp³-hybridized carbons (Fsp3) is 1.00. The molecular weight excluding hydrogens is 360 g/mol. The number of hydrogen-bond donors (Lipinski definition) is 0. The van der Waals surface area contributed by atoms with Crippen LogP contribution in [0.25, 0.3) is 0 Å². The van der Waals surface area contributed by atoms with E-state index in [9.17, 15) is 28.4 Å². The monoisotopic (exact) mass is 390 g/mol. The van der Waals surface area contributed by atoms with Crippen molar-refractivity contribution in [2.45, 2.75) is 77.8 Å². The van der Waals surface area contributed by atoms with Gasteiger partial charge in [-0.15, -0.1) is 0 Å². The third-order valence-corrected chi connectivity index (χ3v) is 5.51. The van der Waals surface area contributed by atoms with E-state index in [0.29, 0.717) is 0 Å². The maximum atomic E-state index is 10.1. The average molecular weight is 390 g/mol. The molecule has 0 aliphatic heterocycles. The van der Waals surface area contributed by atoms with Gasteiger partial charge in [-0.25, -0.2) is 0 Å². The third kappa shape index (κ3) is 23.4. The molecular formula is C12H30AlO6P3. The molecule has 0 heterocycles. The average Bonchev–Trinajstić information content (AvgIpc) is 2.14. The minimum absolute atomic E-state index is 0. The van der Waals surface area contributed by atoms with E-state index in [1.165, 1.54) is 0 Å².